The average Bonchev–Trinajstić information content (AvgIpc) is 3.32. The number of thioether (sulfide) groups is 1. The van der Waals surface area contributed by atoms with Crippen molar-refractivity contribution in [1.29, 1.82) is 5.26 Å². The zero-order valence-corrected chi connectivity index (χ0v) is 15.4. The Kier molecular flexibility index (Phi) is 4.55. The Morgan fingerprint density at radius 2 is 2.20 bits per heavy atom. The minimum atomic E-state index is -0.0672. The second-order valence-corrected chi connectivity index (χ2v) is 8.24. The van der Waals surface area contributed by atoms with Crippen molar-refractivity contribution in [2.45, 2.75) is 42.9 Å². The smallest absolute Gasteiger partial charge is 0.240 e. The normalized spacial score (nSPS) is 14.7. The van der Waals surface area contributed by atoms with Crippen molar-refractivity contribution in [3.8, 4) is 16.8 Å². The number of nitriles is 1. The first-order valence-electron chi connectivity index (χ1n) is 8.21. The highest BCUT2D eigenvalue weighted by Crippen LogP contribution is 2.37. The number of hydrogen-bond donors (Lipinski definition) is 0. The summed E-state index contributed by atoms with van der Waals surface area (Å²) in [5.41, 5.74) is 2.98. The van der Waals surface area contributed by atoms with Gasteiger partial charge in [0.15, 0.2) is 0 Å². The maximum atomic E-state index is 9.48. The van der Waals surface area contributed by atoms with E-state index in [9.17, 15) is 5.26 Å². The predicted molar refractivity (Wildman–Crippen MR) is 97.5 cm³/mol. The number of aryl methyl sites for hydroxylation is 2. The number of hydrogen-bond acceptors (Lipinski definition) is 7. The summed E-state index contributed by atoms with van der Waals surface area (Å²) in [4.78, 5) is 10.2. The summed E-state index contributed by atoms with van der Waals surface area (Å²) in [5.74, 6) is 1.16. The van der Waals surface area contributed by atoms with Crippen molar-refractivity contribution < 1.29 is 4.52 Å². The van der Waals surface area contributed by atoms with Crippen LogP contribution in [-0.4, -0.2) is 15.1 Å². The van der Waals surface area contributed by atoms with Crippen LogP contribution in [0.4, 0.5) is 0 Å². The predicted octanol–water partition coefficient (Wildman–Crippen LogP) is 4.80. The molecule has 5 nitrogen and oxygen atoms in total. The van der Waals surface area contributed by atoms with Gasteiger partial charge in [-0.1, -0.05) is 23.0 Å². The lowest BCUT2D eigenvalue weighted by Crippen LogP contribution is -2.07. The van der Waals surface area contributed by atoms with Crippen molar-refractivity contribution in [2.75, 3.05) is 0 Å². The molecule has 7 heteroatoms. The van der Waals surface area contributed by atoms with Crippen LogP contribution in [0.1, 0.15) is 47.7 Å². The standard InChI is InChI=1S/C18H16N4OS2/c1-11(17-21-16(22-23-17)15-7-4-8-24-15)25-18-13(10-19)9-12-5-2-3-6-14(12)20-18/h4,7-9,11H,2-3,5-6H2,1H3. The zero-order valence-electron chi connectivity index (χ0n) is 13.7. The molecule has 0 aromatic carbocycles. The van der Waals surface area contributed by atoms with Crippen LogP contribution < -0.4 is 0 Å². The number of fused-ring (bicyclic) bond motifs is 1. The minimum Gasteiger partial charge on any atom is -0.338 e. The lowest BCUT2D eigenvalue weighted by atomic mass is 9.95. The number of rotatable bonds is 4. The van der Waals surface area contributed by atoms with Gasteiger partial charge >= 0.3 is 0 Å². The van der Waals surface area contributed by atoms with Gasteiger partial charge in [-0.2, -0.15) is 10.2 Å². The molecule has 126 valence electrons. The first-order valence-corrected chi connectivity index (χ1v) is 9.97. The highest BCUT2D eigenvalue weighted by Gasteiger charge is 2.21. The molecule has 0 spiro atoms. The molecule has 0 saturated carbocycles. The molecule has 0 amide bonds. The Morgan fingerprint density at radius 1 is 1.32 bits per heavy atom. The van der Waals surface area contributed by atoms with E-state index in [1.165, 1.54) is 30.2 Å². The van der Waals surface area contributed by atoms with Gasteiger partial charge in [0.25, 0.3) is 0 Å². The summed E-state index contributed by atoms with van der Waals surface area (Å²) in [6.45, 7) is 2.00. The highest BCUT2D eigenvalue weighted by molar-refractivity contribution is 7.99. The van der Waals surface area contributed by atoms with Gasteiger partial charge in [-0.25, -0.2) is 4.98 Å². The number of pyridine rings is 1. The molecule has 1 atom stereocenters. The Bertz CT molecular complexity index is 927. The fourth-order valence-corrected chi connectivity index (χ4v) is 4.48. The summed E-state index contributed by atoms with van der Waals surface area (Å²) in [7, 11) is 0. The van der Waals surface area contributed by atoms with Crippen LogP contribution in [0.2, 0.25) is 0 Å². The van der Waals surface area contributed by atoms with E-state index in [0.717, 1.165) is 28.4 Å². The molecule has 0 radical (unpaired) electrons. The second-order valence-electron chi connectivity index (χ2n) is 5.96. The molecule has 4 rings (SSSR count). The monoisotopic (exact) mass is 368 g/mol. The Hall–Kier alpha value is -2.17. The van der Waals surface area contributed by atoms with Crippen LogP contribution in [0.3, 0.4) is 0 Å². The number of thiophene rings is 1. The lowest BCUT2D eigenvalue weighted by Gasteiger charge is -2.17. The van der Waals surface area contributed by atoms with Crippen molar-refractivity contribution in [3.05, 3.63) is 46.3 Å². The van der Waals surface area contributed by atoms with Crippen LogP contribution in [0, 0.1) is 11.3 Å². The van der Waals surface area contributed by atoms with Crippen LogP contribution >= 0.6 is 23.1 Å². The van der Waals surface area contributed by atoms with Gasteiger partial charge < -0.3 is 4.52 Å². The average molecular weight is 368 g/mol. The number of nitrogens with zero attached hydrogens (tertiary/aromatic N) is 4. The highest BCUT2D eigenvalue weighted by atomic mass is 32.2. The van der Waals surface area contributed by atoms with Gasteiger partial charge in [-0.3, -0.25) is 0 Å². The molecular formula is C18H16N4OS2. The van der Waals surface area contributed by atoms with E-state index in [-0.39, 0.29) is 5.25 Å². The van der Waals surface area contributed by atoms with Crippen molar-refractivity contribution in [2.24, 2.45) is 0 Å². The molecule has 0 bridgehead atoms. The van der Waals surface area contributed by atoms with Crippen LogP contribution in [0.5, 0.6) is 0 Å². The fourth-order valence-electron chi connectivity index (χ4n) is 2.91. The Balaban J connectivity index is 1.58. The fraction of sp³-hybridized carbons (Fsp3) is 0.333. The maximum Gasteiger partial charge on any atom is 0.240 e. The number of aromatic nitrogens is 3. The summed E-state index contributed by atoms with van der Waals surface area (Å²) in [6, 6.07) is 8.21. The van der Waals surface area contributed by atoms with Gasteiger partial charge in [0.1, 0.15) is 11.1 Å². The molecule has 0 aliphatic heterocycles. The Labute approximate surface area is 154 Å². The minimum absolute atomic E-state index is 0.0672. The van der Waals surface area contributed by atoms with E-state index in [1.807, 2.05) is 30.5 Å². The van der Waals surface area contributed by atoms with E-state index >= 15 is 0 Å². The summed E-state index contributed by atoms with van der Waals surface area (Å²) in [6.07, 6.45) is 4.35. The largest absolute Gasteiger partial charge is 0.338 e. The molecule has 3 aromatic rings. The Morgan fingerprint density at radius 3 is 3.00 bits per heavy atom. The third kappa shape index (κ3) is 3.32. The molecule has 0 saturated heterocycles. The first kappa shape index (κ1) is 16.3. The van der Waals surface area contributed by atoms with E-state index in [2.05, 4.69) is 16.2 Å². The summed E-state index contributed by atoms with van der Waals surface area (Å²) >= 11 is 3.08. The molecule has 3 aromatic heterocycles. The second kappa shape index (κ2) is 6.98. The molecule has 25 heavy (non-hydrogen) atoms. The molecule has 3 heterocycles. The summed E-state index contributed by atoms with van der Waals surface area (Å²) in [5, 5.41) is 16.2. The first-order chi connectivity index (χ1) is 12.2. The van der Waals surface area contributed by atoms with Gasteiger partial charge in [0, 0.05) is 5.69 Å². The van der Waals surface area contributed by atoms with Crippen molar-refractivity contribution >= 4 is 23.1 Å². The van der Waals surface area contributed by atoms with Gasteiger partial charge in [0.05, 0.1) is 15.7 Å². The topological polar surface area (TPSA) is 75.6 Å². The van der Waals surface area contributed by atoms with E-state index in [4.69, 9.17) is 9.51 Å². The van der Waals surface area contributed by atoms with E-state index < -0.39 is 0 Å². The molecule has 1 unspecified atom stereocenters. The molecule has 1 aliphatic carbocycles. The SMILES string of the molecule is CC(Sc1nc2c(cc1C#N)CCCC2)c1nc(-c2cccs2)no1. The molecule has 0 fully saturated rings. The van der Waals surface area contributed by atoms with E-state index in [1.54, 1.807) is 11.3 Å². The zero-order chi connectivity index (χ0) is 17.2. The van der Waals surface area contributed by atoms with Gasteiger partial charge in [0.2, 0.25) is 11.7 Å². The third-order valence-corrected chi connectivity index (χ3v) is 6.16. The van der Waals surface area contributed by atoms with Crippen molar-refractivity contribution in [1.82, 2.24) is 15.1 Å². The van der Waals surface area contributed by atoms with Crippen LogP contribution in [0.25, 0.3) is 10.7 Å². The lowest BCUT2D eigenvalue weighted by molar-refractivity contribution is 0.381. The van der Waals surface area contributed by atoms with Crippen LogP contribution in [-0.2, 0) is 12.8 Å². The summed E-state index contributed by atoms with van der Waals surface area (Å²) < 4.78 is 5.42. The quantitative estimate of drug-likeness (QED) is 0.616. The third-order valence-electron chi connectivity index (χ3n) is 4.21. The maximum absolute atomic E-state index is 9.48. The van der Waals surface area contributed by atoms with Crippen LogP contribution in [0.15, 0.2) is 33.1 Å². The van der Waals surface area contributed by atoms with Gasteiger partial charge in [-0.05, 0) is 55.7 Å². The molecular weight excluding hydrogens is 352 g/mol. The van der Waals surface area contributed by atoms with E-state index in [0.29, 0.717) is 17.3 Å². The van der Waals surface area contributed by atoms with Crippen molar-refractivity contribution in [3.63, 3.8) is 0 Å². The van der Waals surface area contributed by atoms with Gasteiger partial charge in [-0.15, -0.1) is 11.3 Å². The molecule has 0 N–H and O–H groups in total. The molecule has 1 aliphatic rings.